The number of piperidine rings is 1. The Morgan fingerprint density at radius 2 is 1.82 bits per heavy atom. The molecular formula is C19H29N3. The molecule has 3 aliphatic rings. The predicted octanol–water partition coefficient (Wildman–Crippen LogP) is 2.10. The summed E-state index contributed by atoms with van der Waals surface area (Å²) >= 11 is 0. The lowest BCUT2D eigenvalue weighted by atomic mass is 9.92. The van der Waals surface area contributed by atoms with Gasteiger partial charge in [0.1, 0.15) is 0 Å². The topological polar surface area (TPSA) is 32.5 Å². The van der Waals surface area contributed by atoms with Crippen LogP contribution in [-0.4, -0.2) is 48.1 Å². The van der Waals surface area contributed by atoms with Crippen molar-refractivity contribution in [2.75, 3.05) is 26.2 Å². The van der Waals surface area contributed by atoms with Crippen LogP contribution < -0.4 is 5.73 Å². The third-order valence-electron chi connectivity index (χ3n) is 6.29. The Labute approximate surface area is 134 Å². The molecule has 0 aromatic heterocycles. The summed E-state index contributed by atoms with van der Waals surface area (Å²) in [5.74, 6) is 1.51. The molecule has 1 aliphatic carbocycles. The summed E-state index contributed by atoms with van der Waals surface area (Å²) in [4.78, 5) is 5.36. The molecule has 2 bridgehead atoms. The van der Waals surface area contributed by atoms with Crippen molar-refractivity contribution in [2.24, 2.45) is 17.6 Å². The predicted molar refractivity (Wildman–Crippen MR) is 90.6 cm³/mol. The summed E-state index contributed by atoms with van der Waals surface area (Å²) in [5, 5.41) is 0. The summed E-state index contributed by atoms with van der Waals surface area (Å²) in [7, 11) is 0. The SMILES string of the molecule is C[C@@H](CN1CCc2ccccc2C1)N1C[C@H]2CC[C@@H](C1)C2N. The largest absolute Gasteiger partial charge is 0.327 e. The van der Waals surface area contributed by atoms with Crippen molar-refractivity contribution < 1.29 is 0 Å². The molecule has 2 N–H and O–H groups in total. The van der Waals surface area contributed by atoms with Crippen molar-refractivity contribution in [3.8, 4) is 0 Å². The lowest BCUT2D eigenvalue weighted by Crippen LogP contribution is -2.54. The van der Waals surface area contributed by atoms with E-state index in [-0.39, 0.29) is 0 Å². The van der Waals surface area contributed by atoms with E-state index in [1.165, 1.54) is 51.0 Å². The van der Waals surface area contributed by atoms with Crippen molar-refractivity contribution in [1.29, 1.82) is 0 Å². The smallest absolute Gasteiger partial charge is 0.0237 e. The Bertz CT molecular complexity index is 515. The summed E-state index contributed by atoms with van der Waals surface area (Å²) < 4.78 is 0. The molecule has 0 spiro atoms. The maximum absolute atomic E-state index is 6.35. The highest BCUT2D eigenvalue weighted by atomic mass is 15.2. The molecule has 3 nitrogen and oxygen atoms in total. The van der Waals surface area contributed by atoms with Gasteiger partial charge in [-0.05, 0) is 49.1 Å². The van der Waals surface area contributed by atoms with Crippen LogP contribution in [0.5, 0.6) is 0 Å². The van der Waals surface area contributed by atoms with Gasteiger partial charge in [0.15, 0.2) is 0 Å². The fraction of sp³-hybridized carbons (Fsp3) is 0.684. The lowest BCUT2D eigenvalue weighted by Gasteiger charge is -2.41. The molecule has 1 saturated carbocycles. The molecule has 1 aromatic rings. The maximum atomic E-state index is 6.35. The van der Waals surface area contributed by atoms with Gasteiger partial charge < -0.3 is 5.73 Å². The first kappa shape index (κ1) is 14.7. The molecule has 0 radical (unpaired) electrons. The molecular weight excluding hydrogens is 270 g/mol. The number of rotatable bonds is 3. The highest BCUT2D eigenvalue weighted by Crippen LogP contribution is 2.36. The average molecular weight is 299 g/mol. The molecule has 4 rings (SSSR count). The number of fused-ring (bicyclic) bond motifs is 3. The molecule has 2 heterocycles. The first-order valence-corrected chi connectivity index (χ1v) is 8.99. The van der Waals surface area contributed by atoms with E-state index >= 15 is 0 Å². The van der Waals surface area contributed by atoms with Crippen LogP contribution in [0.25, 0.3) is 0 Å². The second kappa shape index (κ2) is 5.95. The Hall–Kier alpha value is -0.900. The van der Waals surface area contributed by atoms with Crippen molar-refractivity contribution in [3.05, 3.63) is 35.4 Å². The average Bonchev–Trinajstić information content (AvgIpc) is 2.76. The third kappa shape index (κ3) is 2.70. The van der Waals surface area contributed by atoms with E-state index in [0.29, 0.717) is 12.1 Å². The fourth-order valence-corrected chi connectivity index (χ4v) is 4.86. The van der Waals surface area contributed by atoms with Crippen molar-refractivity contribution in [3.63, 3.8) is 0 Å². The molecule has 3 heteroatoms. The van der Waals surface area contributed by atoms with E-state index < -0.39 is 0 Å². The second-order valence-corrected chi connectivity index (χ2v) is 7.73. The van der Waals surface area contributed by atoms with E-state index in [1.54, 1.807) is 5.56 Å². The van der Waals surface area contributed by atoms with Gasteiger partial charge in [0, 0.05) is 44.8 Å². The van der Waals surface area contributed by atoms with Crippen LogP contribution in [0.2, 0.25) is 0 Å². The van der Waals surface area contributed by atoms with Crippen LogP contribution in [0.3, 0.4) is 0 Å². The van der Waals surface area contributed by atoms with E-state index in [1.807, 2.05) is 0 Å². The van der Waals surface area contributed by atoms with Crippen LogP contribution >= 0.6 is 0 Å². The van der Waals surface area contributed by atoms with E-state index in [0.717, 1.165) is 18.4 Å². The van der Waals surface area contributed by atoms with Crippen molar-refractivity contribution in [2.45, 2.75) is 44.8 Å². The Balaban J connectivity index is 1.36. The van der Waals surface area contributed by atoms with Gasteiger partial charge in [-0.3, -0.25) is 9.80 Å². The molecule has 22 heavy (non-hydrogen) atoms. The highest BCUT2D eigenvalue weighted by molar-refractivity contribution is 5.29. The standard InChI is InChI=1S/C19H29N3/c1-14(22-12-17-6-7-18(13-22)19(17)20)10-21-9-8-15-4-2-3-5-16(15)11-21/h2-5,14,17-19H,6-13,20H2,1H3/t14-,17-,18+,19?/m0/s1. The number of nitrogens with two attached hydrogens (primary N) is 1. The molecule has 2 fully saturated rings. The second-order valence-electron chi connectivity index (χ2n) is 7.73. The van der Waals surface area contributed by atoms with Crippen LogP contribution in [0.4, 0.5) is 0 Å². The lowest BCUT2D eigenvalue weighted by molar-refractivity contribution is 0.0809. The monoisotopic (exact) mass is 299 g/mol. The minimum atomic E-state index is 0.477. The van der Waals surface area contributed by atoms with Gasteiger partial charge in [-0.2, -0.15) is 0 Å². The molecule has 2 aliphatic heterocycles. The fourth-order valence-electron chi connectivity index (χ4n) is 4.86. The van der Waals surface area contributed by atoms with Gasteiger partial charge >= 0.3 is 0 Å². The summed E-state index contributed by atoms with van der Waals surface area (Å²) in [5.41, 5.74) is 9.43. The van der Waals surface area contributed by atoms with Gasteiger partial charge in [-0.15, -0.1) is 0 Å². The normalized spacial score (nSPS) is 33.6. The van der Waals surface area contributed by atoms with Gasteiger partial charge in [0.25, 0.3) is 0 Å². The van der Waals surface area contributed by atoms with Gasteiger partial charge in [0.05, 0.1) is 0 Å². The minimum Gasteiger partial charge on any atom is -0.327 e. The van der Waals surface area contributed by atoms with Crippen LogP contribution in [0, 0.1) is 11.8 Å². The number of nitrogens with zero attached hydrogens (tertiary/aromatic N) is 2. The quantitative estimate of drug-likeness (QED) is 0.928. The minimum absolute atomic E-state index is 0.477. The maximum Gasteiger partial charge on any atom is 0.0237 e. The van der Waals surface area contributed by atoms with Crippen molar-refractivity contribution in [1.82, 2.24) is 9.80 Å². The number of hydrogen-bond acceptors (Lipinski definition) is 3. The molecule has 120 valence electrons. The van der Waals surface area contributed by atoms with Crippen LogP contribution in [0.15, 0.2) is 24.3 Å². The zero-order chi connectivity index (χ0) is 15.1. The summed E-state index contributed by atoms with van der Waals surface area (Å²) in [6.45, 7) is 8.40. The molecule has 4 atom stereocenters. The summed E-state index contributed by atoms with van der Waals surface area (Å²) in [6.07, 6.45) is 3.91. The van der Waals surface area contributed by atoms with Crippen LogP contribution in [0.1, 0.15) is 30.9 Å². The Morgan fingerprint density at radius 3 is 2.55 bits per heavy atom. The van der Waals surface area contributed by atoms with Crippen LogP contribution in [-0.2, 0) is 13.0 Å². The number of hydrogen-bond donors (Lipinski definition) is 1. The zero-order valence-electron chi connectivity index (χ0n) is 13.7. The van der Waals surface area contributed by atoms with Gasteiger partial charge in [-0.25, -0.2) is 0 Å². The Morgan fingerprint density at radius 1 is 1.14 bits per heavy atom. The van der Waals surface area contributed by atoms with Gasteiger partial charge in [-0.1, -0.05) is 24.3 Å². The molecule has 1 unspecified atom stereocenters. The zero-order valence-corrected chi connectivity index (χ0v) is 13.7. The summed E-state index contributed by atoms with van der Waals surface area (Å²) in [6, 6.07) is 10.1. The first-order valence-electron chi connectivity index (χ1n) is 8.99. The van der Waals surface area contributed by atoms with E-state index in [4.69, 9.17) is 5.73 Å². The number of benzene rings is 1. The number of likely N-dealkylation sites (tertiary alicyclic amines) is 1. The van der Waals surface area contributed by atoms with E-state index in [9.17, 15) is 0 Å². The molecule has 0 amide bonds. The molecule has 1 aromatic carbocycles. The Kier molecular flexibility index (Phi) is 3.97. The van der Waals surface area contributed by atoms with E-state index in [2.05, 4.69) is 41.0 Å². The highest BCUT2D eigenvalue weighted by Gasteiger charge is 2.41. The first-order chi connectivity index (χ1) is 10.7. The third-order valence-corrected chi connectivity index (χ3v) is 6.29. The van der Waals surface area contributed by atoms with Gasteiger partial charge in [0.2, 0.25) is 0 Å². The molecule has 1 saturated heterocycles. The van der Waals surface area contributed by atoms with Crippen molar-refractivity contribution >= 4 is 0 Å².